The molecule has 1 aromatic heterocycles. The normalized spacial score (nSPS) is 10.7. The van der Waals surface area contributed by atoms with Crippen LogP contribution < -0.4 is 0 Å². The molecule has 0 atom stereocenters. The molecule has 0 radical (unpaired) electrons. The van der Waals surface area contributed by atoms with Crippen molar-refractivity contribution in [2.75, 3.05) is 0 Å². The molecule has 2 aromatic rings. The van der Waals surface area contributed by atoms with E-state index < -0.39 is 0 Å². The molecule has 0 unspecified atom stereocenters. The number of carbonyl (C=O) groups is 1. The van der Waals surface area contributed by atoms with E-state index in [-0.39, 0.29) is 5.78 Å². The molecule has 100 valence electrons. The van der Waals surface area contributed by atoms with Crippen LogP contribution in [0.4, 0.5) is 0 Å². The summed E-state index contributed by atoms with van der Waals surface area (Å²) in [6.45, 7) is 4.51. The zero-order valence-corrected chi connectivity index (χ0v) is 12.3. The Balaban J connectivity index is 2.50. The first-order valence-electron chi connectivity index (χ1n) is 6.07. The number of ketones is 1. The molecule has 1 aromatic carbocycles. The monoisotopic (exact) mass is 296 g/mol. The molecule has 5 heteroatoms. The molecule has 19 heavy (non-hydrogen) atoms. The lowest BCUT2D eigenvalue weighted by Crippen LogP contribution is -2.13. The Labute approximate surface area is 122 Å². The summed E-state index contributed by atoms with van der Waals surface area (Å²) in [5, 5.41) is 5.08. The van der Waals surface area contributed by atoms with E-state index in [0.29, 0.717) is 27.8 Å². The Bertz CT molecular complexity index is 620. The summed E-state index contributed by atoms with van der Waals surface area (Å²) in [7, 11) is 0. The second kappa shape index (κ2) is 5.76. The van der Waals surface area contributed by atoms with Crippen LogP contribution in [-0.2, 0) is 6.54 Å². The summed E-state index contributed by atoms with van der Waals surface area (Å²) in [6.07, 6.45) is 2.39. The molecule has 0 amide bonds. The minimum atomic E-state index is -0.143. The SMILES string of the molecule is CCCn1ncc(Cl)c1C(=O)c1cccc(Cl)c1C. The van der Waals surface area contributed by atoms with Crippen LogP contribution in [-0.4, -0.2) is 15.6 Å². The van der Waals surface area contributed by atoms with Gasteiger partial charge >= 0.3 is 0 Å². The first kappa shape index (κ1) is 14.1. The molecule has 0 aliphatic heterocycles. The van der Waals surface area contributed by atoms with Gasteiger partial charge in [0.15, 0.2) is 0 Å². The van der Waals surface area contributed by atoms with Gasteiger partial charge in [-0.1, -0.05) is 42.3 Å². The summed E-state index contributed by atoms with van der Waals surface area (Å²) in [5.74, 6) is -0.143. The molecule has 0 fully saturated rings. The lowest BCUT2D eigenvalue weighted by Gasteiger charge is -2.09. The van der Waals surface area contributed by atoms with Gasteiger partial charge in [0.05, 0.1) is 11.2 Å². The van der Waals surface area contributed by atoms with E-state index in [1.165, 1.54) is 6.20 Å². The summed E-state index contributed by atoms with van der Waals surface area (Å²) in [5.41, 5.74) is 1.75. The lowest BCUT2D eigenvalue weighted by atomic mass is 10.0. The van der Waals surface area contributed by atoms with E-state index >= 15 is 0 Å². The molecular formula is C14H14Cl2N2O. The number of aromatic nitrogens is 2. The molecule has 0 aliphatic carbocycles. The van der Waals surface area contributed by atoms with E-state index in [1.54, 1.807) is 22.9 Å². The van der Waals surface area contributed by atoms with Gasteiger partial charge in [0.2, 0.25) is 5.78 Å². The van der Waals surface area contributed by atoms with Crippen molar-refractivity contribution in [2.24, 2.45) is 0 Å². The average Bonchev–Trinajstić information content (AvgIpc) is 2.74. The van der Waals surface area contributed by atoms with Gasteiger partial charge in [0.25, 0.3) is 0 Å². The van der Waals surface area contributed by atoms with E-state index in [0.717, 1.165) is 12.0 Å². The van der Waals surface area contributed by atoms with Gasteiger partial charge < -0.3 is 0 Å². The Hall–Kier alpha value is -1.32. The van der Waals surface area contributed by atoms with Gasteiger partial charge in [-0.15, -0.1) is 0 Å². The van der Waals surface area contributed by atoms with Crippen LogP contribution in [0.3, 0.4) is 0 Å². The molecule has 0 bridgehead atoms. The van der Waals surface area contributed by atoms with Crippen LogP contribution in [0.1, 0.15) is 35.0 Å². The van der Waals surface area contributed by atoms with Crippen molar-refractivity contribution in [3.05, 3.63) is 51.3 Å². The molecule has 0 aliphatic rings. The Kier molecular flexibility index (Phi) is 4.27. The number of aryl methyl sites for hydroxylation is 1. The fourth-order valence-corrected chi connectivity index (χ4v) is 2.35. The minimum absolute atomic E-state index is 0.143. The van der Waals surface area contributed by atoms with Crippen molar-refractivity contribution in [1.82, 2.24) is 9.78 Å². The van der Waals surface area contributed by atoms with Crippen molar-refractivity contribution in [3.8, 4) is 0 Å². The number of benzene rings is 1. The Morgan fingerprint density at radius 2 is 2.05 bits per heavy atom. The highest BCUT2D eigenvalue weighted by Gasteiger charge is 2.20. The largest absolute Gasteiger partial charge is 0.287 e. The topological polar surface area (TPSA) is 34.9 Å². The second-order valence-corrected chi connectivity index (χ2v) is 5.12. The van der Waals surface area contributed by atoms with Gasteiger partial charge in [0.1, 0.15) is 5.69 Å². The number of nitrogens with zero attached hydrogens (tertiary/aromatic N) is 2. The molecule has 0 saturated heterocycles. The smallest absolute Gasteiger partial charge is 0.212 e. The highest BCUT2D eigenvalue weighted by Crippen LogP contribution is 2.24. The van der Waals surface area contributed by atoms with Gasteiger partial charge in [-0.25, -0.2) is 0 Å². The van der Waals surface area contributed by atoms with Gasteiger partial charge in [-0.05, 0) is 25.0 Å². The Morgan fingerprint density at radius 3 is 2.74 bits per heavy atom. The predicted molar refractivity (Wildman–Crippen MR) is 77.1 cm³/mol. The standard InChI is InChI=1S/C14H14Cl2N2O/c1-3-7-18-13(12(16)8-17-18)14(19)10-5-4-6-11(15)9(10)2/h4-6,8H,3,7H2,1-2H3. The van der Waals surface area contributed by atoms with E-state index in [1.807, 2.05) is 13.8 Å². The maximum absolute atomic E-state index is 12.6. The van der Waals surface area contributed by atoms with Crippen molar-refractivity contribution in [2.45, 2.75) is 26.8 Å². The first-order valence-corrected chi connectivity index (χ1v) is 6.83. The molecule has 2 rings (SSSR count). The summed E-state index contributed by atoms with van der Waals surface area (Å²) >= 11 is 12.1. The van der Waals surface area contributed by atoms with Gasteiger partial charge in [-0.2, -0.15) is 5.10 Å². The average molecular weight is 297 g/mol. The Morgan fingerprint density at radius 1 is 1.32 bits per heavy atom. The number of rotatable bonds is 4. The highest BCUT2D eigenvalue weighted by atomic mass is 35.5. The van der Waals surface area contributed by atoms with Crippen LogP contribution >= 0.6 is 23.2 Å². The maximum Gasteiger partial charge on any atom is 0.212 e. The van der Waals surface area contributed by atoms with Crippen LogP contribution in [0, 0.1) is 6.92 Å². The number of carbonyl (C=O) groups excluding carboxylic acids is 1. The second-order valence-electron chi connectivity index (χ2n) is 4.31. The molecule has 0 spiro atoms. The van der Waals surface area contributed by atoms with Crippen molar-refractivity contribution in [3.63, 3.8) is 0 Å². The van der Waals surface area contributed by atoms with Crippen LogP contribution in [0.25, 0.3) is 0 Å². The van der Waals surface area contributed by atoms with E-state index in [4.69, 9.17) is 23.2 Å². The first-order chi connectivity index (χ1) is 9.06. The zero-order valence-electron chi connectivity index (χ0n) is 10.8. The predicted octanol–water partition coefficient (Wildman–Crippen LogP) is 4.14. The lowest BCUT2D eigenvalue weighted by molar-refractivity contribution is 0.102. The van der Waals surface area contributed by atoms with Gasteiger partial charge in [0, 0.05) is 17.1 Å². The molecule has 0 saturated carbocycles. The third-order valence-electron chi connectivity index (χ3n) is 2.96. The fraction of sp³-hybridized carbons (Fsp3) is 0.286. The van der Waals surface area contributed by atoms with Crippen molar-refractivity contribution >= 4 is 29.0 Å². The molecule has 3 nitrogen and oxygen atoms in total. The van der Waals surface area contributed by atoms with Crippen molar-refractivity contribution in [1.29, 1.82) is 0 Å². The highest BCUT2D eigenvalue weighted by molar-refractivity contribution is 6.35. The summed E-state index contributed by atoms with van der Waals surface area (Å²) < 4.78 is 1.64. The number of hydrogen-bond acceptors (Lipinski definition) is 2. The van der Waals surface area contributed by atoms with Crippen LogP contribution in [0.5, 0.6) is 0 Å². The van der Waals surface area contributed by atoms with E-state index in [9.17, 15) is 4.79 Å². The molecule has 1 heterocycles. The maximum atomic E-state index is 12.6. The van der Waals surface area contributed by atoms with Crippen molar-refractivity contribution < 1.29 is 4.79 Å². The molecular weight excluding hydrogens is 283 g/mol. The van der Waals surface area contributed by atoms with Crippen LogP contribution in [0.15, 0.2) is 24.4 Å². The third kappa shape index (κ3) is 2.67. The zero-order chi connectivity index (χ0) is 14.0. The quantitative estimate of drug-likeness (QED) is 0.795. The summed E-state index contributed by atoms with van der Waals surface area (Å²) in [6, 6.07) is 5.28. The molecule has 0 N–H and O–H groups in total. The number of hydrogen-bond donors (Lipinski definition) is 0. The van der Waals surface area contributed by atoms with E-state index in [2.05, 4.69) is 5.10 Å². The van der Waals surface area contributed by atoms with Gasteiger partial charge in [-0.3, -0.25) is 9.48 Å². The van der Waals surface area contributed by atoms with Crippen LogP contribution in [0.2, 0.25) is 10.0 Å². The summed E-state index contributed by atoms with van der Waals surface area (Å²) in [4.78, 5) is 12.6. The number of halogens is 2. The minimum Gasteiger partial charge on any atom is -0.287 e. The third-order valence-corrected chi connectivity index (χ3v) is 3.64. The fourth-order valence-electron chi connectivity index (χ4n) is 1.95.